The zero-order valence-electron chi connectivity index (χ0n) is 17.5. The molecule has 10 heteroatoms. The number of imide groups is 1. The topological polar surface area (TPSA) is 98.2 Å². The van der Waals surface area contributed by atoms with Gasteiger partial charge in [0.05, 0.1) is 23.2 Å². The molecule has 2 aromatic rings. The molecule has 2 heterocycles. The smallest absolute Gasteiger partial charge is 0.332 e. The van der Waals surface area contributed by atoms with Crippen molar-refractivity contribution in [3.8, 4) is 0 Å². The van der Waals surface area contributed by atoms with E-state index in [1.807, 2.05) is 30.3 Å². The largest absolute Gasteiger partial charge is 0.481 e. The van der Waals surface area contributed by atoms with Crippen LogP contribution in [0.15, 0.2) is 48.5 Å². The minimum Gasteiger partial charge on any atom is -0.481 e. The summed E-state index contributed by atoms with van der Waals surface area (Å²) in [6.45, 7) is 0.423. The highest BCUT2D eigenvalue weighted by Crippen LogP contribution is 2.35. The fourth-order valence-electron chi connectivity index (χ4n) is 4.36. The summed E-state index contributed by atoms with van der Waals surface area (Å²) in [5, 5.41) is 8.68. The van der Waals surface area contributed by atoms with Crippen LogP contribution in [-0.2, 0) is 20.9 Å². The summed E-state index contributed by atoms with van der Waals surface area (Å²) < 4.78 is 13.7. The van der Waals surface area contributed by atoms with Gasteiger partial charge in [0, 0.05) is 19.5 Å². The lowest BCUT2D eigenvalue weighted by Crippen LogP contribution is -2.66. The second kappa shape index (κ2) is 9.19. The highest BCUT2D eigenvalue weighted by atomic mass is 35.5. The quantitative estimate of drug-likeness (QED) is 0.694. The van der Waals surface area contributed by atoms with Gasteiger partial charge in [0.15, 0.2) is 0 Å². The third kappa shape index (κ3) is 4.41. The van der Waals surface area contributed by atoms with Crippen LogP contribution < -0.4 is 4.90 Å². The number of hydrogen-bond donors (Lipinski definition) is 1. The Morgan fingerprint density at radius 3 is 2.48 bits per heavy atom. The van der Waals surface area contributed by atoms with Crippen LogP contribution in [0.2, 0.25) is 5.02 Å². The van der Waals surface area contributed by atoms with Gasteiger partial charge in [0.1, 0.15) is 11.9 Å². The molecule has 0 unspecified atom stereocenters. The molecule has 2 atom stereocenters. The SMILES string of the molecule is O=C(O)CCC(=O)N1CC[C@H]2[C@H]1C(=O)N(c1ccc(F)c(Cl)c1)C(=O)N2Cc1ccccc1. The number of fused-ring (bicyclic) bond motifs is 1. The molecule has 0 aliphatic carbocycles. The molecule has 0 saturated carbocycles. The second-order valence-corrected chi connectivity index (χ2v) is 8.36. The lowest BCUT2D eigenvalue weighted by atomic mass is 10.0. The Balaban J connectivity index is 1.71. The van der Waals surface area contributed by atoms with Gasteiger partial charge in [-0.1, -0.05) is 41.9 Å². The van der Waals surface area contributed by atoms with E-state index < -0.39 is 41.7 Å². The number of hydrogen-bond acceptors (Lipinski definition) is 4. The van der Waals surface area contributed by atoms with Crippen LogP contribution in [0.4, 0.5) is 14.9 Å². The van der Waals surface area contributed by atoms with Gasteiger partial charge in [-0.3, -0.25) is 14.4 Å². The van der Waals surface area contributed by atoms with Crippen molar-refractivity contribution in [2.24, 2.45) is 0 Å². The molecule has 2 aliphatic rings. The van der Waals surface area contributed by atoms with Crippen LogP contribution in [0.1, 0.15) is 24.8 Å². The highest BCUT2D eigenvalue weighted by Gasteiger charge is 2.53. The minimum atomic E-state index is -1.11. The number of carboxylic acids is 1. The van der Waals surface area contributed by atoms with Crippen LogP contribution in [0.25, 0.3) is 0 Å². The number of carboxylic acid groups (broad SMARTS) is 1. The minimum absolute atomic E-state index is 0.0951. The Morgan fingerprint density at radius 1 is 1.09 bits per heavy atom. The van der Waals surface area contributed by atoms with E-state index in [1.54, 1.807) is 0 Å². The first-order valence-electron chi connectivity index (χ1n) is 10.4. The van der Waals surface area contributed by atoms with Gasteiger partial charge in [-0.2, -0.15) is 0 Å². The molecule has 4 amide bonds. The summed E-state index contributed by atoms with van der Waals surface area (Å²) in [5.74, 6) is -2.90. The molecule has 0 radical (unpaired) electrons. The summed E-state index contributed by atoms with van der Waals surface area (Å²) in [6, 6.07) is 10.6. The Labute approximate surface area is 194 Å². The summed E-state index contributed by atoms with van der Waals surface area (Å²) in [6.07, 6.45) is -0.225. The van der Waals surface area contributed by atoms with E-state index >= 15 is 0 Å². The Kier molecular flexibility index (Phi) is 6.33. The lowest BCUT2D eigenvalue weighted by Gasteiger charge is -2.43. The summed E-state index contributed by atoms with van der Waals surface area (Å²) in [7, 11) is 0. The van der Waals surface area contributed by atoms with Gasteiger partial charge in [-0.05, 0) is 30.2 Å². The number of anilines is 1. The number of urea groups is 1. The number of nitrogens with zero attached hydrogens (tertiary/aromatic N) is 3. The molecule has 33 heavy (non-hydrogen) atoms. The maximum atomic E-state index is 13.7. The van der Waals surface area contributed by atoms with Crippen molar-refractivity contribution in [3.63, 3.8) is 0 Å². The van der Waals surface area contributed by atoms with Gasteiger partial charge in [-0.15, -0.1) is 0 Å². The van der Waals surface area contributed by atoms with Crippen LogP contribution in [0.3, 0.4) is 0 Å². The third-order valence-corrected chi connectivity index (χ3v) is 6.20. The highest BCUT2D eigenvalue weighted by molar-refractivity contribution is 6.31. The molecule has 2 fully saturated rings. The molecule has 172 valence electrons. The van der Waals surface area contributed by atoms with Crippen LogP contribution >= 0.6 is 11.6 Å². The van der Waals surface area contributed by atoms with E-state index in [2.05, 4.69) is 0 Å². The average Bonchev–Trinajstić information content (AvgIpc) is 3.23. The van der Waals surface area contributed by atoms with E-state index in [0.717, 1.165) is 16.5 Å². The second-order valence-electron chi connectivity index (χ2n) is 7.95. The lowest BCUT2D eigenvalue weighted by molar-refractivity contribution is -0.143. The normalized spacial score (nSPS) is 20.2. The van der Waals surface area contributed by atoms with Crippen molar-refractivity contribution in [3.05, 3.63) is 64.9 Å². The Bertz CT molecular complexity index is 1110. The molecule has 2 aliphatic heterocycles. The summed E-state index contributed by atoms with van der Waals surface area (Å²) in [5.41, 5.74) is 0.935. The van der Waals surface area contributed by atoms with Gasteiger partial charge in [-0.25, -0.2) is 14.1 Å². The summed E-state index contributed by atoms with van der Waals surface area (Å²) in [4.78, 5) is 54.4. The zero-order valence-corrected chi connectivity index (χ0v) is 18.2. The molecule has 0 bridgehead atoms. The number of carbonyl (C=O) groups excluding carboxylic acids is 3. The number of benzene rings is 2. The molecule has 2 aromatic carbocycles. The molecule has 1 N–H and O–H groups in total. The van der Waals surface area contributed by atoms with Crippen molar-refractivity contribution in [2.75, 3.05) is 11.4 Å². The zero-order chi connectivity index (χ0) is 23.7. The van der Waals surface area contributed by atoms with E-state index in [0.29, 0.717) is 6.42 Å². The Morgan fingerprint density at radius 2 is 1.82 bits per heavy atom. The van der Waals surface area contributed by atoms with E-state index in [1.165, 1.54) is 21.9 Å². The maximum absolute atomic E-state index is 13.7. The molecular weight excluding hydrogens is 453 g/mol. The van der Waals surface area contributed by atoms with Crippen LogP contribution in [-0.4, -0.2) is 57.3 Å². The van der Waals surface area contributed by atoms with Gasteiger partial charge in [0.2, 0.25) is 5.91 Å². The average molecular weight is 474 g/mol. The fraction of sp³-hybridized carbons (Fsp3) is 0.304. The fourth-order valence-corrected chi connectivity index (χ4v) is 4.54. The number of halogens is 2. The molecular formula is C23H21ClFN3O5. The molecule has 0 aromatic heterocycles. The van der Waals surface area contributed by atoms with Crippen molar-refractivity contribution < 1.29 is 28.7 Å². The molecule has 4 rings (SSSR count). The third-order valence-electron chi connectivity index (χ3n) is 5.91. The number of likely N-dealkylation sites (tertiary alicyclic amines) is 1. The van der Waals surface area contributed by atoms with Gasteiger partial charge < -0.3 is 14.9 Å². The standard InChI is InChI=1S/C23H21ClFN3O5/c24-16-12-15(6-7-17(16)25)28-22(32)21-18(10-11-26(21)19(29)8-9-20(30)31)27(23(28)33)13-14-4-2-1-3-5-14/h1-7,12,18,21H,8-11,13H2,(H,30,31)/t18-,21-/m0/s1. The molecule has 8 nitrogen and oxygen atoms in total. The number of aliphatic carboxylic acids is 1. The predicted octanol–water partition coefficient (Wildman–Crippen LogP) is 3.28. The summed E-state index contributed by atoms with van der Waals surface area (Å²) >= 11 is 5.90. The number of amides is 4. The van der Waals surface area contributed by atoms with Crippen molar-refractivity contribution >= 4 is 41.1 Å². The first-order chi connectivity index (χ1) is 15.8. The number of carbonyl (C=O) groups is 4. The number of rotatable bonds is 6. The predicted molar refractivity (Wildman–Crippen MR) is 117 cm³/mol. The van der Waals surface area contributed by atoms with Gasteiger partial charge >= 0.3 is 12.0 Å². The van der Waals surface area contributed by atoms with E-state index in [9.17, 15) is 23.6 Å². The first-order valence-corrected chi connectivity index (χ1v) is 10.8. The first kappa shape index (κ1) is 22.7. The van der Waals surface area contributed by atoms with Crippen molar-refractivity contribution in [2.45, 2.75) is 37.9 Å². The van der Waals surface area contributed by atoms with E-state index in [4.69, 9.17) is 16.7 Å². The van der Waals surface area contributed by atoms with Crippen LogP contribution in [0, 0.1) is 5.82 Å². The molecule has 0 spiro atoms. The van der Waals surface area contributed by atoms with Crippen molar-refractivity contribution in [1.29, 1.82) is 0 Å². The van der Waals surface area contributed by atoms with E-state index in [-0.39, 0.29) is 36.6 Å². The molecule has 2 saturated heterocycles. The monoisotopic (exact) mass is 473 g/mol. The van der Waals surface area contributed by atoms with Crippen LogP contribution in [0.5, 0.6) is 0 Å². The van der Waals surface area contributed by atoms with Crippen molar-refractivity contribution in [1.82, 2.24) is 9.80 Å². The Hall–Kier alpha value is -3.46. The maximum Gasteiger partial charge on any atom is 0.332 e. The van der Waals surface area contributed by atoms with Gasteiger partial charge in [0.25, 0.3) is 5.91 Å².